The van der Waals surface area contributed by atoms with Crippen molar-refractivity contribution in [1.82, 2.24) is 0 Å². The summed E-state index contributed by atoms with van der Waals surface area (Å²) in [6.07, 6.45) is 10.9. The van der Waals surface area contributed by atoms with Crippen LogP contribution >= 0.6 is 22.6 Å². The van der Waals surface area contributed by atoms with E-state index in [2.05, 4.69) is 55.1 Å². The average Bonchev–Trinajstić information content (AvgIpc) is 2.37. The van der Waals surface area contributed by atoms with Crippen molar-refractivity contribution in [3.63, 3.8) is 0 Å². The second-order valence-corrected chi connectivity index (χ2v) is 10.7. The van der Waals surface area contributed by atoms with Crippen LogP contribution in [-0.4, -0.2) is 12.5 Å². The summed E-state index contributed by atoms with van der Waals surface area (Å²) >= 11 is 2.48. The third kappa shape index (κ3) is 8.41. The summed E-state index contributed by atoms with van der Waals surface area (Å²) < 4.78 is 1.19. The molecule has 0 aliphatic heterocycles. The lowest BCUT2D eigenvalue weighted by Crippen LogP contribution is -2.31. The van der Waals surface area contributed by atoms with Gasteiger partial charge in [0.2, 0.25) is 0 Å². The molecule has 2 heteroatoms. The highest BCUT2D eigenvalue weighted by atomic mass is 127. The van der Waals surface area contributed by atoms with Crippen molar-refractivity contribution in [2.75, 3.05) is 4.43 Å². The van der Waals surface area contributed by atoms with E-state index in [-0.39, 0.29) is 0 Å². The first-order chi connectivity index (χ1) is 8.24. The van der Waals surface area contributed by atoms with Crippen LogP contribution in [0.4, 0.5) is 0 Å². The van der Waals surface area contributed by atoms with E-state index in [9.17, 15) is 0 Å². The van der Waals surface area contributed by atoms with Gasteiger partial charge in [0, 0.05) is 4.43 Å². The number of rotatable bonds is 11. The standard InChI is InChI=1S/C15H31ISi/c1-4-7-12-17(13-8-5-2,14-9-6-3)15-10-11-16/h10,15H,4-9,11-14H2,1-3H3. The molecule has 0 N–H and O–H groups in total. The van der Waals surface area contributed by atoms with Crippen molar-refractivity contribution < 1.29 is 0 Å². The Labute approximate surface area is 124 Å². The molecule has 0 nitrogen and oxygen atoms in total. The summed E-state index contributed by atoms with van der Waals surface area (Å²) in [5.74, 6) is 0. The molecule has 0 unspecified atom stereocenters. The van der Waals surface area contributed by atoms with Crippen LogP contribution in [0, 0.1) is 0 Å². The van der Waals surface area contributed by atoms with Gasteiger partial charge in [-0.1, -0.05) is 112 Å². The zero-order valence-electron chi connectivity index (χ0n) is 12.1. The summed E-state index contributed by atoms with van der Waals surface area (Å²) in [6.45, 7) is 7.00. The van der Waals surface area contributed by atoms with Gasteiger partial charge in [-0.3, -0.25) is 0 Å². The zero-order valence-corrected chi connectivity index (χ0v) is 15.3. The predicted octanol–water partition coefficient (Wildman–Crippen LogP) is 6.37. The number of halogens is 1. The first-order valence-electron chi connectivity index (χ1n) is 7.48. The average molecular weight is 366 g/mol. The van der Waals surface area contributed by atoms with Gasteiger partial charge in [-0.15, -0.1) is 0 Å². The quantitative estimate of drug-likeness (QED) is 0.227. The van der Waals surface area contributed by atoms with Gasteiger partial charge in [0.25, 0.3) is 0 Å². The lowest BCUT2D eigenvalue weighted by atomic mass is 10.4. The fourth-order valence-corrected chi connectivity index (χ4v) is 8.28. The lowest BCUT2D eigenvalue weighted by Gasteiger charge is -2.29. The van der Waals surface area contributed by atoms with E-state index in [1.54, 1.807) is 0 Å². The molecule has 0 aliphatic rings. The van der Waals surface area contributed by atoms with Crippen LogP contribution in [0.15, 0.2) is 11.8 Å². The van der Waals surface area contributed by atoms with Gasteiger partial charge in [-0.2, -0.15) is 0 Å². The topological polar surface area (TPSA) is 0 Å². The minimum atomic E-state index is -1.06. The lowest BCUT2D eigenvalue weighted by molar-refractivity contribution is 0.800. The summed E-state index contributed by atoms with van der Waals surface area (Å²) in [5.41, 5.74) is 2.69. The largest absolute Gasteiger partial charge is 0.0974 e. The van der Waals surface area contributed by atoms with Crippen LogP contribution in [0.3, 0.4) is 0 Å². The van der Waals surface area contributed by atoms with E-state index in [1.807, 2.05) is 0 Å². The van der Waals surface area contributed by atoms with Gasteiger partial charge < -0.3 is 0 Å². The Morgan fingerprint density at radius 3 is 1.53 bits per heavy atom. The molecule has 102 valence electrons. The van der Waals surface area contributed by atoms with Gasteiger partial charge >= 0.3 is 0 Å². The molecular formula is C15H31ISi. The molecule has 0 aliphatic carbocycles. The first kappa shape index (κ1) is 17.7. The number of alkyl halides is 1. The highest BCUT2D eigenvalue weighted by Gasteiger charge is 2.27. The SMILES string of the molecule is CCCC[Si](C=CCI)(CCCC)CCCC. The van der Waals surface area contributed by atoms with E-state index < -0.39 is 8.07 Å². The van der Waals surface area contributed by atoms with Gasteiger partial charge in [0.15, 0.2) is 0 Å². The Hall–Kier alpha value is 0.687. The van der Waals surface area contributed by atoms with Crippen LogP contribution < -0.4 is 0 Å². The monoisotopic (exact) mass is 366 g/mol. The van der Waals surface area contributed by atoms with Crippen LogP contribution in [-0.2, 0) is 0 Å². The van der Waals surface area contributed by atoms with Crippen LogP contribution in [0.2, 0.25) is 18.1 Å². The summed E-state index contributed by atoms with van der Waals surface area (Å²) in [6, 6.07) is 4.62. The maximum atomic E-state index is 2.69. The highest BCUT2D eigenvalue weighted by molar-refractivity contribution is 14.1. The Morgan fingerprint density at radius 2 is 1.24 bits per heavy atom. The molecule has 0 fully saturated rings. The van der Waals surface area contributed by atoms with Crippen LogP contribution in [0.1, 0.15) is 59.3 Å². The first-order valence-corrected chi connectivity index (χ1v) is 11.7. The molecule has 17 heavy (non-hydrogen) atoms. The van der Waals surface area contributed by atoms with Crippen molar-refractivity contribution in [1.29, 1.82) is 0 Å². The fourth-order valence-electron chi connectivity index (χ4n) is 2.51. The molecule has 0 amide bonds. The molecule has 0 radical (unpaired) electrons. The molecule has 0 heterocycles. The van der Waals surface area contributed by atoms with E-state index in [0.29, 0.717) is 0 Å². The molecule has 0 spiro atoms. The van der Waals surface area contributed by atoms with Crippen molar-refractivity contribution in [2.45, 2.75) is 77.4 Å². The fraction of sp³-hybridized carbons (Fsp3) is 0.867. The van der Waals surface area contributed by atoms with E-state index in [1.165, 1.54) is 61.1 Å². The summed E-state index contributed by atoms with van der Waals surface area (Å²) in [7, 11) is -1.06. The number of hydrogen-bond acceptors (Lipinski definition) is 0. The third-order valence-corrected chi connectivity index (χ3v) is 9.14. The molecular weight excluding hydrogens is 335 g/mol. The minimum Gasteiger partial charge on any atom is -0.0974 e. The minimum absolute atomic E-state index is 1.06. The molecule has 0 saturated carbocycles. The predicted molar refractivity (Wildman–Crippen MR) is 92.9 cm³/mol. The van der Waals surface area contributed by atoms with Gasteiger partial charge in [-0.05, 0) is 0 Å². The number of allylic oxidation sites excluding steroid dienone is 1. The summed E-state index contributed by atoms with van der Waals surface area (Å²) in [5, 5.41) is 0. The van der Waals surface area contributed by atoms with Crippen molar-refractivity contribution in [2.24, 2.45) is 0 Å². The van der Waals surface area contributed by atoms with E-state index >= 15 is 0 Å². The Balaban J connectivity index is 4.57. The van der Waals surface area contributed by atoms with E-state index in [4.69, 9.17) is 0 Å². The molecule has 0 aromatic carbocycles. The maximum absolute atomic E-state index is 2.69. The smallest absolute Gasteiger partial charge is 0.0774 e. The zero-order chi connectivity index (χ0) is 13.0. The maximum Gasteiger partial charge on any atom is 0.0774 e. The Morgan fingerprint density at radius 1 is 0.824 bits per heavy atom. The van der Waals surface area contributed by atoms with Gasteiger partial charge in [0.05, 0.1) is 8.07 Å². The Kier molecular flexibility index (Phi) is 12.2. The molecule has 0 aromatic heterocycles. The van der Waals surface area contributed by atoms with Crippen molar-refractivity contribution in [3.8, 4) is 0 Å². The van der Waals surface area contributed by atoms with Gasteiger partial charge in [0.1, 0.15) is 0 Å². The highest BCUT2D eigenvalue weighted by Crippen LogP contribution is 2.29. The number of unbranched alkanes of at least 4 members (excludes halogenated alkanes) is 3. The second kappa shape index (κ2) is 11.8. The summed E-state index contributed by atoms with van der Waals surface area (Å²) in [4.78, 5) is 0. The number of hydrogen-bond donors (Lipinski definition) is 0. The molecule has 0 bridgehead atoms. The normalized spacial score (nSPS) is 12.5. The third-order valence-electron chi connectivity index (χ3n) is 3.65. The molecule has 0 aromatic rings. The van der Waals surface area contributed by atoms with Crippen LogP contribution in [0.25, 0.3) is 0 Å². The second-order valence-electron chi connectivity index (χ2n) is 5.23. The molecule has 0 atom stereocenters. The Bertz CT molecular complexity index is 168. The molecule has 0 rings (SSSR count). The van der Waals surface area contributed by atoms with Crippen LogP contribution in [0.5, 0.6) is 0 Å². The van der Waals surface area contributed by atoms with Crippen molar-refractivity contribution in [3.05, 3.63) is 11.8 Å². The molecule has 0 saturated heterocycles. The van der Waals surface area contributed by atoms with Gasteiger partial charge in [-0.25, -0.2) is 0 Å². The van der Waals surface area contributed by atoms with E-state index in [0.717, 1.165) is 0 Å². The van der Waals surface area contributed by atoms with Crippen molar-refractivity contribution >= 4 is 30.7 Å².